The van der Waals surface area contributed by atoms with Crippen LogP contribution in [0.2, 0.25) is 0 Å². The highest BCUT2D eigenvalue weighted by molar-refractivity contribution is 5.92. The summed E-state index contributed by atoms with van der Waals surface area (Å²) in [6.07, 6.45) is 12.4. The maximum absolute atomic E-state index is 12.3. The third-order valence-electron chi connectivity index (χ3n) is 5.58. The first kappa shape index (κ1) is 21.0. The van der Waals surface area contributed by atoms with Gasteiger partial charge in [0.1, 0.15) is 11.2 Å². The fourth-order valence-electron chi connectivity index (χ4n) is 4.85. The number of esters is 2. The topological polar surface area (TPSA) is 52.6 Å². The highest BCUT2D eigenvalue weighted by atomic mass is 16.6. The van der Waals surface area contributed by atoms with E-state index >= 15 is 0 Å². The normalized spacial score (nSPS) is 21.6. The van der Waals surface area contributed by atoms with E-state index in [9.17, 15) is 9.59 Å². The van der Waals surface area contributed by atoms with E-state index in [2.05, 4.69) is 27.7 Å². The standard InChI is InChI=1S/C22H36O4/c1-17(2)15-21(11-5-6-12-21)25-19(23)9-10-20(24)26-22(16-18(3)4)13-7-8-14-22/h9-10,17-18H,5-8,11-16H2,1-4H3/b10-9+. The molecule has 2 saturated carbocycles. The van der Waals surface area contributed by atoms with E-state index in [1.165, 1.54) is 12.2 Å². The minimum absolute atomic E-state index is 0.343. The Morgan fingerprint density at radius 3 is 1.31 bits per heavy atom. The summed E-state index contributed by atoms with van der Waals surface area (Å²) < 4.78 is 11.6. The van der Waals surface area contributed by atoms with Crippen LogP contribution in [0.15, 0.2) is 12.2 Å². The summed E-state index contributed by atoms with van der Waals surface area (Å²) in [4.78, 5) is 24.5. The Morgan fingerprint density at radius 1 is 0.731 bits per heavy atom. The molecule has 4 heteroatoms. The Balaban J connectivity index is 1.91. The van der Waals surface area contributed by atoms with Gasteiger partial charge in [-0.25, -0.2) is 9.59 Å². The molecule has 0 unspecified atom stereocenters. The molecule has 0 heterocycles. The summed E-state index contributed by atoms with van der Waals surface area (Å²) >= 11 is 0. The zero-order chi connectivity index (χ0) is 19.2. The van der Waals surface area contributed by atoms with Gasteiger partial charge in [-0.1, -0.05) is 27.7 Å². The van der Waals surface area contributed by atoms with Crippen LogP contribution >= 0.6 is 0 Å². The summed E-state index contributed by atoms with van der Waals surface area (Å²) in [7, 11) is 0. The molecule has 0 atom stereocenters. The molecule has 0 N–H and O–H groups in total. The van der Waals surface area contributed by atoms with Crippen molar-refractivity contribution < 1.29 is 19.1 Å². The highest BCUT2D eigenvalue weighted by Gasteiger charge is 2.39. The highest BCUT2D eigenvalue weighted by Crippen LogP contribution is 2.39. The number of ether oxygens (including phenoxy) is 2. The Kier molecular flexibility index (Phi) is 7.31. The third-order valence-corrected chi connectivity index (χ3v) is 5.58. The van der Waals surface area contributed by atoms with Gasteiger partial charge in [0.15, 0.2) is 0 Å². The van der Waals surface area contributed by atoms with E-state index in [1.807, 2.05) is 0 Å². The zero-order valence-electron chi connectivity index (χ0n) is 17.0. The van der Waals surface area contributed by atoms with Crippen LogP contribution in [-0.2, 0) is 19.1 Å². The van der Waals surface area contributed by atoms with Crippen molar-refractivity contribution in [1.82, 2.24) is 0 Å². The van der Waals surface area contributed by atoms with E-state index in [0.29, 0.717) is 11.8 Å². The second kappa shape index (κ2) is 9.05. The van der Waals surface area contributed by atoms with Gasteiger partial charge < -0.3 is 9.47 Å². The second-order valence-corrected chi connectivity index (χ2v) is 9.15. The van der Waals surface area contributed by atoms with Gasteiger partial charge in [0.05, 0.1) is 0 Å². The predicted octanol–water partition coefficient (Wildman–Crippen LogP) is 5.35. The van der Waals surface area contributed by atoms with Gasteiger partial charge in [-0.05, 0) is 76.0 Å². The van der Waals surface area contributed by atoms with Crippen molar-refractivity contribution in [3.63, 3.8) is 0 Å². The lowest BCUT2D eigenvalue weighted by atomic mass is 9.90. The van der Waals surface area contributed by atoms with Crippen LogP contribution in [0.3, 0.4) is 0 Å². The van der Waals surface area contributed by atoms with E-state index in [-0.39, 0.29) is 11.2 Å². The molecule has 0 spiro atoms. The molecular formula is C22H36O4. The molecule has 0 aromatic heterocycles. The Bertz CT molecular complexity index is 460. The molecule has 0 radical (unpaired) electrons. The van der Waals surface area contributed by atoms with E-state index < -0.39 is 11.9 Å². The van der Waals surface area contributed by atoms with Crippen molar-refractivity contribution >= 4 is 11.9 Å². The summed E-state index contributed by atoms with van der Waals surface area (Å²) in [5, 5.41) is 0. The van der Waals surface area contributed by atoms with Crippen LogP contribution in [0, 0.1) is 11.8 Å². The van der Waals surface area contributed by atoms with Crippen LogP contribution < -0.4 is 0 Å². The van der Waals surface area contributed by atoms with Crippen molar-refractivity contribution in [1.29, 1.82) is 0 Å². The summed E-state index contributed by atoms with van der Waals surface area (Å²) in [5.74, 6) is 0.115. The first-order valence-corrected chi connectivity index (χ1v) is 10.4. The van der Waals surface area contributed by atoms with Crippen LogP contribution in [0.1, 0.15) is 91.9 Å². The molecule has 26 heavy (non-hydrogen) atoms. The number of carbonyl (C=O) groups excluding carboxylic acids is 2. The number of hydrogen-bond donors (Lipinski definition) is 0. The average Bonchev–Trinajstić information content (AvgIpc) is 3.14. The Morgan fingerprint density at radius 2 is 1.04 bits per heavy atom. The molecule has 0 aromatic carbocycles. The predicted molar refractivity (Wildman–Crippen MR) is 103 cm³/mol. The van der Waals surface area contributed by atoms with Crippen LogP contribution in [0.4, 0.5) is 0 Å². The smallest absolute Gasteiger partial charge is 0.331 e. The number of rotatable bonds is 8. The van der Waals surface area contributed by atoms with Crippen molar-refractivity contribution in [3.8, 4) is 0 Å². The molecule has 0 amide bonds. The quantitative estimate of drug-likeness (QED) is 0.430. The molecule has 4 nitrogen and oxygen atoms in total. The monoisotopic (exact) mass is 364 g/mol. The summed E-state index contributed by atoms with van der Waals surface area (Å²) in [6.45, 7) is 8.60. The Labute approximate surface area is 158 Å². The van der Waals surface area contributed by atoms with Gasteiger partial charge >= 0.3 is 11.9 Å². The summed E-state index contributed by atoms with van der Waals surface area (Å²) in [5.41, 5.74) is -0.687. The first-order chi connectivity index (χ1) is 12.2. The molecule has 2 aliphatic carbocycles. The molecule has 2 fully saturated rings. The minimum Gasteiger partial charge on any atom is -0.456 e. The molecule has 2 rings (SSSR count). The molecule has 0 bridgehead atoms. The molecule has 0 aliphatic heterocycles. The van der Waals surface area contributed by atoms with Gasteiger partial charge in [0, 0.05) is 12.2 Å². The van der Waals surface area contributed by atoms with Gasteiger partial charge in [0.2, 0.25) is 0 Å². The average molecular weight is 365 g/mol. The summed E-state index contributed by atoms with van der Waals surface area (Å²) in [6, 6.07) is 0. The van der Waals surface area contributed by atoms with Crippen molar-refractivity contribution in [2.45, 2.75) is 103 Å². The van der Waals surface area contributed by atoms with Gasteiger partial charge in [0.25, 0.3) is 0 Å². The lowest BCUT2D eigenvalue weighted by molar-refractivity contribution is -0.157. The van der Waals surface area contributed by atoms with Crippen molar-refractivity contribution in [2.24, 2.45) is 11.8 Å². The molecular weight excluding hydrogens is 328 g/mol. The maximum atomic E-state index is 12.3. The van der Waals surface area contributed by atoms with E-state index in [0.717, 1.165) is 64.2 Å². The van der Waals surface area contributed by atoms with Gasteiger partial charge in [-0.15, -0.1) is 0 Å². The van der Waals surface area contributed by atoms with E-state index in [4.69, 9.17) is 9.47 Å². The lowest BCUT2D eigenvalue weighted by Gasteiger charge is -2.31. The van der Waals surface area contributed by atoms with Gasteiger partial charge in [-0.3, -0.25) is 0 Å². The van der Waals surface area contributed by atoms with Crippen molar-refractivity contribution in [3.05, 3.63) is 12.2 Å². The zero-order valence-corrected chi connectivity index (χ0v) is 17.0. The van der Waals surface area contributed by atoms with Crippen LogP contribution in [0.5, 0.6) is 0 Å². The first-order valence-electron chi connectivity index (χ1n) is 10.4. The fourth-order valence-corrected chi connectivity index (χ4v) is 4.85. The molecule has 2 aliphatic rings. The van der Waals surface area contributed by atoms with Gasteiger partial charge in [-0.2, -0.15) is 0 Å². The SMILES string of the molecule is CC(C)CC1(OC(=O)/C=C/C(=O)OC2(CC(C)C)CCCC2)CCCC1. The van der Waals surface area contributed by atoms with E-state index in [1.54, 1.807) is 0 Å². The number of hydrogen-bond acceptors (Lipinski definition) is 4. The van der Waals surface area contributed by atoms with Crippen LogP contribution in [0.25, 0.3) is 0 Å². The molecule has 0 saturated heterocycles. The fraction of sp³-hybridized carbons (Fsp3) is 0.818. The van der Waals surface area contributed by atoms with Crippen molar-refractivity contribution in [2.75, 3.05) is 0 Å². The third kappa shape index (κ3) is 6.14. The lowest BCUT2D eigenvalue weighted by Crippen LogP contribution is -2.34. The second-order valence-electron chi connectivity index (χ2n) is 9.15. The molecule has 0 aromatic rings. The Hall–Kier alpha value is -1.32. The maximum Gasteiger partial charge on any atom is 0.331 e. The largest absolute Gasteiger partial charge is 0.456 e. The molecule has 148 valence electrons. The minimum atomic E-state index is -0.422. The van der Waals surface area contributed by atoms with Crippen LogP contribution in [-0.4, -0.2) is 23.1 Å². The number of carbonyl (C=O) groups is 2.